The number of primary amides is 1. The van der Waals surface area contributed by atoms with Crippen molar-refractivity contribution in [3.05, 3.63) is 35.4 Å². The Labute approximate surface area is 154 Å². The van der Waals surface area contributed by atoms with E-state index in [2.05, 4.69) is 24.5 Å². The van der Waals surface area contributed by atoms with Crippen molar-refractivity contribution in [1.82, 2.24) is 10.6 Å². The van der Waals surface area contributed by atoms with Crippen molar-refractivity contribution >= 4 is 17.7 Å². The predicted octanol–water partition coefficient (Wildman–Crippen LogP) is 1.03. The van der Waals surface area contributed by atoms with Gasteiger partial charge in [-0.3, -0.25) is 14.4 Å². The minimum atomic E-state index is -0.743. The molecule has 0 saturated heterocycles. The fraction of sp³-hybridized carbons (Fsp3) is 0.526. The Kier molecular flexibility index (Phi) is 8.78. The van der Waals surface area contributed by atoms with Crippen LogP contribution in [0.5, 0.6) is 0 Å². The van der Waals surface area contributed by atoms with Gasteiger partial charge in [-0.15, -0.1) is 0 Å². The molecule has 7 nitrogen and oxygen atoms in total. The van der Waals surface area contributed by atoms with Crippen molar-refractivity contribution in [3.63, 3.8) is 0 Å². The van der Waals surface area contributed by atoms with E-state index in [0.717, 1.165) is 0 Å². The summed E-state index contributed by atoms with van der Waals surface area (Å²) in [4.78, 5) is 35.0. The molecule has 0 fully saturated rings. The van der Waals surface area contributed by atoms with Gasteiger partial charge in [-0.1, -0.05) is 26.0 Å². The van der Waals surface area contributed by atoms with E-state index in [1.165, 1.54) is 12.5 Å². The molecule has 0 aromatic heterocycles. The van der Waals surface area contributed by atoms with Crippen LogP contribution in [0.15, 0.2) is 24.3 Å². The van der Waals surface area contributed by atoms with Gasteiger partial charge in [0.15, 0.2) is 0 Å². The largest absolute Gasteiger partial charge is 0.368 e. The monoisotopic (exact) mass is 362 g/mol. The Morgan fingerprint density at radius 2 is 1.65 bits per heavy atom. The van der Waals surface area contributed by atoms with Crippen LogP contribution in [0.25, 0.3) is 0 Å². The van der Waals surface area contributed by atoms with Gasteiger partial charge in [0.1, 0.15) is 6.04 Å². The number of carbonyl (C=O) groups excluding carboxylic acids is 3. The van der Waals surface area contributed by atoms with Crippen LogP contribution in [0.4, 0.5) is 0 Å². The quantitative estimate of drug-likeness (QED) is 0.463. The average molecular weight is 362 g/mol. The van der Waals surface area contributed by atoms with E-state index < -0.39 is 23.9 Å². The van der Waals surface area contributed by atoms with Crippen LogP contribution in [0.3, 0.4) is 0 Å². The number of nitrogens with one attached hydrogen (secondary N) is 2. The maximum Gasteiger partial charge on any atom is 0.251 e. The normalized spacial score (nSPS) is 13.1. The number of nitrogens with two attached hydrogens (primary N) is 2. The first-order valence-corrected chi connectivity index (χ1v) is 8.95. The molecule has 0 aliphatic heterocycles. The summed E-state index contributed by atoms with van der Waals surface area (Å²) in [6, 6.07) is 6.11. The molecule has 3 amide bonds. The van der Waals surface area contributed by atoms with Crippen LogP contribution < -0.4 is 22.1 Å². The maximum atomic E-state index is 12.1. The number of rotatable bonds is 10. The molecule has 0 radical (unpaired) electrons. The smallest absolute Gasteiger partial charge is 0.251 e. The average Bonchev–Trinajstić information content (AvgIpc) is 2.59. The first kappa shape index (κ1) is 21.6. The molecular weight excluding hydrogens is 332 g/mol. The van der Waals surface area contributed by atoms with E-state index in [4.69, 9.17) is 11.5 Å². The highest BCUT2D eigenvalue weighted by atomic mass is 16.2. The molecule has 1 rings (SSSR count). The van der Waals surface area contributed by atoms with E-state index in [0.29, 0.717) is 37.3 Å². The van der Waals surface area contributed by atoms with Crippen LogP contribution >= 0.6 is 0 Å². The summed E-state index contributed by atoms with van der Waals surface area (Å²) in [6.45, 7) is 6.23. The van der Waals surface area contributed by atoms with E-state index in [1.807, 2.05) is 24.3 Å². The minimum absolute atomic E-state index is 0.128. The highest BCUT2D eigenvalue weighted by molar-refractivity contribution is 5.94. The summed E-state index contributed by atoms with van der Waals surface area (Å²) in [5, 5.41) is 5.38. The zero-order valence-corrected chi connectivity index (χ0v) is 15.7. The summed E-state index contributed by atoms with van der Waals surface area (Å²) in [5.74, 6) is -0.703. The highest BCUT2D eigenvalue weighted by Crippen LogP contribution is 2.14. The Morgan fingerprint density at radius 1 is 1.04 bits per heavy atom. The van der Waals surface area contributed by atoms with Gasteiger partial charge in [-0.25, -0.2) is 0 Å². The predicted molar refractivity (Wildman–Crippen MR) is 101 cm³/mol. The lowest BCUT2D eigenvalue weighted by molar-refractivity contribution is -0.128. The summed E-state index contributed by atoms with van der Waals surface area (Å²) in [6.07, 6.45) is 1.72. The Morgan fingerprint density at radius 3 is 2.15 bits per heavy atom. The summed E-state index contributed by atoms with van der Waals surface area (Å²) in [7, 11) is 0. The molecule has 0 bridgehead atoms. The molecule has 0 saturated carbocycles. The second-order valence-electron chi connectivity index (χ2n) is 6.78. The third-order valence-electron chi connectivity index (χ3n) is 4.12. The van der Waals surface area contributed by atoms with Crippen molar-refractivity contribution in [2.45, 2.75) is 58.0 Å². The summed E-state index contributed by atoms with van der Waals surface area (Å²) < 4.78 is 0. The van der Waals surface area contributed by atoms with Crippen LogP contribution in [-0.4, -0.2) is 36.3 Å². The molecule has 1 aromatic carbocycles. The molecule has 0 unspecified atom stereocenters. The Balaban J connectivity index is 2.35. The van der Waals surface area contributed by atoms with E-state index in [9.17, 15) is 14.4 Å². The number of carbonyl (C=O) groups is 3. The number of hydrogen-bond acceptors (Lipinski definition) is 4. The lowest BCUT2D eigenvalue weighted by Crippen LogP contribution is -2.49. The molecule has 0 aliphatic rings. The first-order chi connectivity index (χ1) is 12.2. The van der Waals surface area contributed by atoms with Gasteiger partial charge in [0.05, 0.1) is 6.04 Å². The molecule has 0 spiro atoms. The first-order valence-electron chi connectivity index (χ1n) is 8.95. The molecule has 1 aromatic rings. The fourth-order valence-corrected chi connectivity index (χ4v) is 2.39. The molecule has 0 heterocycles. The standard InChI is InChI=1S/C19H30N4O3/c1-12(2)14-7-9-15(10-8-14)19(26)22-11-5-4-6-16(17(21)24)23-18(25)13(3)20/h7-10,12-13,16H,4-6,11,20H2,1-3H3,(H2,21,24)(H,22,26)(H,23,25)/t13-,16-/m0/s1. The number of hydrogen-bond donors (Lipinski definition) is 4. The van der Waals surface area contributed by atoms with Crippen LogP contribution in [-0.2, 0) is 9.59 Å². The fourth-order valence-electron chi connectivity index (χ4n) is 2.39. The van der Waals surface area contributed by atoms with Crippen molar-refractivity contribution in [1.29, 1.82) is 0 Å². The third-order valence-corrected chi connectivity index (χ3v) is 4.12. The maximum absolute atomic E-state index is 12.1. The van der Waals surface area contributed by atoms with Crippen molar-refractivity contribution < 1.29 is 14.4 Å². The lowest BCUT2D eigenvalue weighted by atomic mass is 10.0. The van der Waals surface area contributed by atoms with Crippen LogP contribution in [0, 0.1) is 0 Å². The van der Waals surface area contributed by atoms with Gasteiger partial charge in [-0.05, 0) is 49.8 Å². The third kappa shape index (κ3) is 7.23. The van der Waals surface area contributed by atoms with Crippen LogP contribution in [0.1, 0.15) is 61.9 Å². The number of benzene rings is 1. The summed E-state index contributed by atoms with van der Waals surface area (Å²) >= 11 is 0. The van der Waals surface area contributed by atoms with E-state index in [-0.39, 0.29) is 5.91 Å². The van der Waals surface area contributed by atoms with E-state index in [1.54, 1.807) is 0 Å². The zero-order valence-electron chi connectivity index (χ0n) is 15.7. The molecule has 7 heteroatoms. The van der Waals surface area contributed by atoms with Crippen LogP contribution in [0.2, 0.25) is 0 Å². The van der Waals surface area contributed by atoms with Gasteiger partial charge < -0.3 is 22.1 Å². The lowest BCUT2D eigenvalue weighted by Gasteiger charge is -2.16. The topological polar surface area (TPSA) is 127 Å². The van der Waals surface area contributed by atoms with Gasteiger partial charge in [-0.2, -0.15) is 0 Å². The van der Waals surface area contributed by atoms with Gasteiger partial charge in [0.25, 0.3) is 5.91 Å². The SMILES string of the molecule is CC(C)c1ccc(C(=O)NCCCC[C@H](NC(=O)[C@H](C)N)C(N)=O)cc1. The Bertz CT molecular complexity index is 612. The second kappa shape index (κ2) is 10.6. The molecule has 144 valence electrons. The molecular formula is C19H30N4O3. The molecule has 26 heavy (non-hydrogen) atoms. The zero-order chi connectivity index (χ0) is 19.7. The van der Waals surface area contributed by atoms with Crippen molar-refractivity contribution in [2.75, 3.05) is 6.54 Å². The van der Waals surface area contributed by atoms with Gasteiger partial charge in [0.2, 0.25) is 11.8 Å². The molecule has 6 N–H and O–H groups in total. The van der Waals surface area contributed by atoms with Crippen molar-refractivity contribution in [3.8, 4) is 0 Å². The summed E-state index contributed by atoms with van der Waals surface area (Å²) in [5.41, 5.74) is 12.6. The number of amides is 3. The van der Waals surface area contributed by atoms with E-state index >= 15 is 0 Å². The van der Waals surface area contributed by atoms with Gasteiger partial charge in [0, 0.05) is 12.1 Å². The molecule has 2 atom stereocenters. The highest BCUT2D eigenvalue weighted by Gasteiger charge is 2.19. The second-order valence-corrected chi connectivity index (χ2v) is 6.78. The van der Waals surface area contributed by atoms with Gasteiger partial charge >= 0.3 is 0 Å². The minimum Gasteiger partial charge on any atom is -0.368 e. The number of unbranched alkanes of at least 4 members (excludes halogenated alkanes) is 1. The molecule has 0 aliphatic carbocycles. The Hall–Kier alpha value is -2.41. The van der Waals surface area contributed by atoms with Crippen molar-refractivity contribution in [2.24, 2.45) is 11.5 Å².